The van der Waals surface area contributed by atoms with Crippen molar-refractivity contribution < 1.29 is 27.8 Å². The van der Waals surface area contributed by atoms with Gasteiger partial charge in [-0.05, 0) is 55.3 Å². The van der Waals surface area contributed by atoms with Crippen molar-refractivity contribution in [2.75, 3.05) is 32.6 Å². The molecule has 156 valence electrons. The van der Waals surface area contributed by atoms with Crippen molar-refractivity contribution in [3.8, 4) is 11.5 Å². The number of sulfonamides is 1. The number of nitrogens with zero attached hydrogens (tertiary/aromatic N) is 1. The average Bonchev–Trinajstić information content (AvgIpc) is 3.21. The maximum Gasteiger partial charge on any atom is 0.255 e. The lowest BCUT2D eigenvalue weighted by Crippen LogP contribution is -2.22. The molecule has 0 aromatic heterocycles. The van der Waals surface area contributed by atoms with Crippen molar-refractivity contribution in [3.05, 3.63) is 48.0 Å². The van der Waals surface area contributed by atoms with Gasteiger partial charge in [0, 0.05) is 26.3 Å². The molecule has 8 nitrogen and oxygen atoms in total. The van der Waals surface area contributed by atoms with E-state index < -0.39 is 15.9 Å². The van der Waals surface area contributed by atoms with Crippen LogP contribution in [0.25, 0.3) is 0 Å². The highest BCUT2D eigenvalue weighted by molar-refractivity contribution is 7.89. The maximum absolute atomic E-state index is 12.5. The third kappa shape index (κ3) is 5.06. The number of nitrogens with one attached hydrogen (secondary N) is 1. The number of ether oxygens (including phenoxy) is 2. The number of aromatic hydroxyl groups is 1. The van der Waals surface area contributed by atoms with Crippen LogP contribution < -0.4 is 10.1 Å². The van der Waals surface area contributed by atoms with Crippen LogP contribution in [0.2, 0.25) is 0 Å². The molecule has 1 saturated heterocycles. The Bertz CT molecular complexity index is 967. The zero-order valence-electron chi connectivity index (χ0n) is 16.3. The first-order valence-corrected chi connectivity index (χ1v) is 10.6. The lowest BCUT2D eigenvalue weighted by molar-refractivity contribution is 0.0679. The monoisotopic (exact) mass is 420 g/mol. The summed E-state index contributed by atoms with van der Waals surface area (Å²) in [4.78, 5) is 12.5. The number of amides is 1. The normalized spacial score (nSPS) is 16.7. The topological polar surface area (TPSA) is 105 Å². The van der Waals surface area contributed by atoms with Gasteiger partial charge in [0.15, 0.2) is 0 Å². The Morgan fingerprint density at radius 1 is 1.24 bits per heavy atom. The second kappa shape index (κ2) is 8.81. The van der Waals surface area contributed by atoms with Gasteiger partial charge in [-0.3, -0.25) is 4.79 Å². The van der Waals surface area contributed by atoms with Crippen molar-refractivity contribution in [2.24, 2.45) is 0 Å². The van der Waals surface area contributed by atoms with Gasteiger partial charge in [0.1, 0.15) is 18.1 Å². The minimum atomic E-state index is -3.69. The molecule has 0 spiro atoms. The molecule has 1 aliphatic heterocycles. The number of anilines is 1. The Morgan fingerprint density at radius 3 is 2.59 bits per heavy atom. The van der Waals surface area contributed by atoms with Gasteiger partial charge in [0.25, 0.3) is 5.91 Å². The van der Waals surface area contributed by atoms with Crippen molar-refractivity contribution in [1.82, 2.24) is 4.31 Å². The fourth-order valence-electron chi connectivity index (χ4n) is 2.85. The van der Waals surface area contributed by atoms with Crippen molar-refractivity contribution in [3.63, 3.8) is 0 Å². The summed E-state index contributed by atoms with van der Waals surface area (Å²) in [6.45, 7) is 1.23. The summed E-state index contributed by atoms with van der Waals surface area (Å²) in [5.41, 5.74) is 0.353. The zero-order chi connectivity index (χ0) is 21.0. The number of hydrogen-bond donors (Lipinski definition) is 2. The van der Waals surface area contributed by atoms with Gasteiger partial charge in [0.05, 0.1) is 16.7 Å². The average molecular weight is 420 g/mol. The van der Waals surface area contributed by atoms with Crippen molar-refractivity contribution in [2.45, 2.75) is 23.8 Å². The van der Waals surface area contributed by atoms with E-state index in [2.05, 4.69) is 5.32 Å². The first-order chi connectivity index (χ1) is 13.8. The molecular weight excluding hydrogens is 396 g/mol. The molecule has 2 N–H and O–H groups in total. The van der Waals surface area contributed by atoms with Crippen LogP contribution in [0.5, 0.6) is 11.5 Å². The lowest BCUT2D eigenvalue weighted by atomic mass is 10.2. The number of phenolic OH excluding ortho intramolecular Hbond substituents is 1. The van der Waals surface area contributed by atoms with Crippen LogP contribution in [-0.2, 0) is 14.8 Å². The molecule has 29 heavy (non-hydrogen) atoms. The summed E-state index contributed by atoms with van der Waals surface area (Å²) in [6.07, 6.45) is 2.12. The number of hydrogen-bond acceptors (Lipinski definition) is 6. The minimum Gasteiger partial charge on any atom is -0.506 e. The molecule has 0 radical (unpaired) electrons. The van der Waals surface area contributed by atoms with Crippen LogP contribution in [0.4, 0.5) is 5.69 Å². The summed E-state index contributed by atoms with van der Waals surface area (Å²) >= 11 is 0. The lowest BCUT2D eigenvalue weighted by Gasteiger charge is -2.14. The summed E-state index contributed by atoms with van der Waals surface area (Å²) in [7, 11) is -0.880. The Hall–Kier alpha value is -2.62. The fraction of sp³-hybridized carbons (Fsp3) is 0.350. The maximum atomic E-state index is 12.5. The largest absolute Gasteiger partial charge is 0.506 e. The van der Waals surface area contributed by atoms with Gasteiger partial charge in [-0.2, -0.15) is 0 Å². The van der Waals surface area contributed by atoms with E-state index >= 15 is 0 Å². The molecule has 1 atom stereocenters. The second-order valence-corrected chi connectivity index (χ2v) is 9.04. The molecule has 9 heteroatoms. The molecule has 1 fully saturated rings. The molecule has 2 aromatic carbocycles. The van der Waals surface area contributed by atoms with Crippen LogP contribution in [0, 0.1) is 0 Å². The van der Waals surface area contributed by atoms with E-state index in [-0.39, 0.29) is 22.4 Å². The van der Waals surface area contributed by atoms with Gasteiger partial charge < -0.3 is 19.9 Å². The summed E-state index contributed by atoms with van der Waals surface area (Å²) in [5, 5.41) is 12.5. The Balaban J connectivity index is 1.68. The minimum absolute atomic E-state index is 0.0108. The van der Waals surface area contributed by atoms with Gasteiger partial charge in [-0.1, -0.05) is 0 Å². The third-order valence-corrected chi connectivity index (χ3v) is 6.38. The van der Waals surface area contributed by atoms with Crippen LogP contribution in [-0.4, -0.2) is 57.1 Å². The Morgan fingerprint density at radius 2 is 1.97 bits per heavy atom. The van der Waals surface area contributed by atoms with E-state index in [1.165, 1.54) is 32.3 Å². The number of benzene rings is 2. The van der Waals surface area contributed by atoms with E-state index in [0.717, 1.165) is 23.8 Å². The molecule has 0 aliphatic carbocycles. The summed E-state index contributed by atoms with van der Waals surface area (Å²) in [5.74, 6) is -0.0862. The number of phenols is 1. The Labute approximate surface area is 170 Å². The third-order valence-electron chi connectivity index (χ3n) is 4.57. The fourth-order valence-corrected chi connectivity index (χ4v) is 3.78. The SMILES string of the molecule is CN(C)S(=O)(=O)c1ccc(O)c(NC(=O)c2ccc(OCC3CCCO3)cc2)c1. The molecule has 1 aliphatic rings. The highest BCUT2D eigenvalue weighted by Crippen LogP contribution is 2.28. The predicted octanol–water partition coefficient (Wildman–Crippen LogP) is 2.45. The first-order valence-electron chi connectivity index (χ1n) is 9.19. The van der Waals surface area contributed by atoms with E-state index in [0.29, 0.717) is 17.9 Å². The number of carbonyl (C=O) groups excluding carboxylic acids is 1. The van der Waals surface area contributed by atoms with E-state index in [1.54, 1.807) is 24.3 Å². The molecule has 3 rings (SSSR count). The molecule has 1 amide bonds. The van der Waals surface area contributed by atoms with Gasteiger partial charge in [-0.15, -0.1) is 0 Å². The standard InChI is InChI=1S/C20H24N2O6S/c1-22(2)29(25,26)17-9-10-19(23)18(12-17)21-20(24)14-5-7-15(8-6-14)28-13-16-4-3-11-27-16/h5-10,12,16,23H,3-4,11,13H2,1-2H3,(H,21,24). The highest BCUT2D eigenvalue weighted by atomic mass is 32.2. The second-order valence-electron chi connectivity index (χ2n) is 6.89. The van der Waals surface area contributed by atoms with Crippen molar-refractivity contribution >= 4 is 21.6 Å². The van der Waals surface area contributed by atoms with Crippen molar-refractivity contribution in [1.29, 1.82) is 0 Å². The predicted molar refractivity (Wildman–Crippen MR) is 108 cm³/mol. The van der Waals surface area contributed by atoms with Crippen LogP contribution in [0.15, 0.2) is 47.4 Å². The van der Waals surface area contributed by atoms with E-state index in [4.69, 9.17) is 9.47 Å². The molecular formula is C20H24N2O6S. The Kier molecular flexibility index (Phi) is 6.41. The van der Waals surface area contributed by atoms with Crippen LogP contribution in [0.1, 0.15) is 23.2 Å². The molecule has 1 heterocycles. The molecule has 0 bridgehead atoms. The van der Waals surface area contributed by atoms with E-state index in [1.807, 2.05) is 0 Å². The van der Waals surface area contributed by atoms with Crippen LogP contribution in [0.3, 0.4) is 0 Å². The number of carbonyl (C=O) groups is 1. The molecule has 1 unspecified atom stereocenters. The number of rotatable bonds is 7. The summed E-state index contributed by atoms with van der Waals surface area (Å²) in [6, 6.07) is 10.3. The van der Waals surface area contributed by atoms with Gasteiger partial charge in [0.2, 0.25) is 10.0 Å². The summed E-state index contributed by atoms with van der Waals surface area (Å²) < 4.78 is 36.7. The van der Waals surface area contributed by atoms with Crippen LogP contribution >= 0.6 is 0 Å². The van der Waals surface area contributed by atoms with Gasteiger partial charge in [-0.25, -0.2) is 12.7 Å². The highest BCUT2D eigenvalue weighted by Gasteiger charge is 2.20. The quantitative estimate of drug-likeness (QED) is 0.667. The first kappa shape index (κ1) is 21.1. The van der Waals surface area contributed by atoms with Gasteiger partial charge >= 0.3 is 0 Å². The van der Waals surface area contributed by atoms with E-state index in [9.17, 15) is 18.3 Å². The molecule has 0 saturated carbocycles. The molecule has 2 aromatic rings. The smallest absolute Gasteiger partial charge is 0.255 e. The zero-order valence-corrected chi connectivity index (χ0v) is 17.1.